The van der Waals surface area contributed by atoms with E-state index in [0.29, 0.717) is 4.90 Å². The fourth-order valence-corrected chi connectivity index (χ4v) is 1.02. The third-order valence-electron chi connectivity index (χ3n) is 1.67. The van der Waals surface area contributed by atoms with Crippen LogP contribution in [0.5, 0.6) is 0 Å². The van der Waals surface area contributed by atoms with Gasteiger partial charge < -0.3 is 5.32 Å². The molecule has 0 saturated carbocycles. The van der Waals surface area contributed by atoms with Crippen LogP contribution in [0.4, 0.5) is 13.2 Å². The van der Waals surface area contributed by atoms with Crippen LogP contribution in [-0.4, -0.2) is 36.7 Å². The fraction of sp³-hybridized carbons (Fsp3) is 0.833. The highest BCUT2D eigenvalue weighted by Gasteiger charge is 2.37. The minimum Gasteiger partial charge on any atom is -0.355 e. The summed E-state index contributed by atoms with van der Waals surface area (Å²) in [6, 6.07) is 0. The van der Waals surface area contributed by atoms with Crippen molar-refractivity contribution >= 4 is 5.91 Å². The van der Waals surface area contributed by atoms with Crippen LogP contribution < -0.4 is 5.32 Å². The molecule has 0 spiro atoms. The van der Waals surface area contributed by atoms with Gasteiger partial charge in [-0.1, -0.05) is 0 Å². The summed E-state index contributed by atoms with van der Waals surface area (Å²) in [5, 5.41) is 2.37. The molecule has 1 fully saturated rings. The molecule has 70 valence electrons. The molecule has 12 heavy (non-hydrogen) atoms. The first-order valence-corrected chi connectivity index (χ1v) is 3.58. The Morgan fingerprint density at radius 2 is 2.00 bits per heavy atom. The number of carbonyl (C=O) groups is 1. The lowest BCUT2D eigenvalue weighted by Gasteiger charge is -2.21. The lowest BCUT2D eigenvalue weighted by atomic mass is 10.4. The summed E-state index contributed by atoms with van der Waals surface area (Å²) in [5.41, 5.74) is 0. The summed E-state index contributed by atoms with van der Waals surface area (Å²) in [5.74, 6) is -0.318. The van der Waals surface area contributed by atoms with E-state index >= 15 is 0 Å². The minimum absolute atomic E-state index is 0.0678. The summed E-state index contributed by atoms with van der Waals surface area (Å²) in [6.07, 6.45) is -4.40. The Labute approximate surface area is 67.5 Å². The second-order valence-electron chi connectivity index (χ2n) is 2.55. The Kier molecular flexibility index (Phi) is 2.56. The smallest absolute Gasteiger partial charge is 0.355 e. The number of alkyl halides is 3. The van der Waals surface area contributed by atoms with E-state index in [9.17, 15) is 18.0 Å². The molecule has 1 amide bonds. The van der Waals surface area contributed by atoms with Crippen molar-refractivity contribution in [1.82, 2.24) is 10.2 Å². The molecule has 1 rings (SSSR count). The van der Waals surface area contributed by atoms with Crippen molar-refractivity contribution in [3.8, 4) is 0 Å². The van der Waals surface area contributed by atoms with E-state index in [1.807, 2.05) is 0 Å². The number of carbonyl (C=O) groups excluding carboxylic acids is 1. The van der Waals surface area contributed by atoms with E-state index in [2.05, 4.69) is 5.32 Å². The van der Waals surface area contributed by atoms with Gasteiger partial charge >= 0.3 is 6.30 Å². The Hall–Kier alpha value is -0.780. The largest absolute Gasteiger partial charge is 0.459 e. The molecular formula is C6H9F3N2O. The maximum absolute atomic E-state index is 12.0. The van der Waals surface area contributed by atoms with Gasteiger partial charge in [-0.25, -0.2) is 4.90 Å². The van der Waals surface area contributed by atoms with Crippen LogP contribution in [0.25, 0.3) is 0 Å². The summed E-state index contributed by atoms with van der Waals surface area (Å²) in [7, 11) is 0. The topological polar surface area (TPSA) is 32.3 Å². The molecule has 0 aliphatic carbocycles. The number of nitrogens with zero attached hydrogens (tertiary/aromatic N) is 1. The zero-order chi connectivity index (χ0) is 9.19. The third kappa shape index (κ3) is 2.37. The van der Waals surface area contributed by atoms with Gasteiger partial charge in [0.15, 0.2) is 0 Å². The van der Waals surface area contributed by atoms with Crippen molar-refractivity contribution in [1.29, 1.82) is 0 Å². The zero-order valence-corrected chi connectivity index (χ0v) is 6.32. The monoisotopic (exact) mass is 182 g/mol. The van der Waals surface area contributed by atoms with Crippen LogP contribution in [0.15, 0.2) is 0 Å². The summed E-state index contributed by atoms with van der Waals surface area (Å²) in [6.45, 7) is -0.330. The number of halogens is 3. The van der Waals surface area contributed by atoms with Gasteiger partial charge in [0.25, 0.3) is 0 Å². The van der Waals surface area contributed by atoms with Crippen LogP contribution in [0, 0.1) is 0 Å². The second kappa shape index (κ2) is 3.30. The summed E-state index contributed by atoms with van der Waals surface area (Å²) >= 11 is 0. The van der Waals surface area contributed by atoms with E-state index < -0.39 is 6.30 Å². The quantitative estimate of drug-likeness (QED) is 0.547. The van der Waals surface area contributed by atoms with Crippen LogP contribution in [0.1, 0.15) is 6.42 Å². The van der Waals surface area contributed by atoms with Gasteiger partial charge in [0.05, 0.1) is 0 Å². The highest BCUT2D eigenvalue weighted by molar-refractivity contribution is 5.76. The first-order chi connectivity index (χ1) is 5.50. The molecule has 0 unspecified atom stereocenters. The van der Waals surface area contributed by atoms with Crippen LogP contribution in [0.2, 0.25) is 0 Å². The molecule has 0 radical (unpaired) electrons. The molecule has 1 saturated heterocycles. The molecule has 1 aliphatic heterocycles. The highest BCUT2D eigenvalue weighted by Crippen LogP contribution is 2.21. The van der Waals surface area contributed by atoms with E-state index in [1.165, 1.54) is 0 Å². The van der Waals surface area contributed by atoms with Crippen molar-refractivity contribution in [3.63, 3.8) is 0 Å². The van der Waals surface area contributed by atoms with Gasteiger partial charge in [-0.15, -0.1) is 0 Å². The number of amides is 1. The Morgan fingerprint density at radius 3 is 2.58 bits per heavy atom. The first-order valence-electron chi connectivity index (χ1n) is 3.58. The highest BCUT2D eigenvalue weighted by atomic mass is 19.4. The predicted molar refractivity (Wildman–Crippen MR) is 35.3 cm³/mol. The normalized spacial score (nSPS) is 21.8. The van der Waals surface area contributed by atoms with E-state index in [0.717, 1.165) is 0 Å². The fourth-order valence-electron chi connectivity index (χ4n) is 1.02. The van der Waals surface area contributed by atoms with Crippen molar-refractivity contribution in [3.05, 3.63) is 0 Å². The molecule has 0 atom stereocenters. The number of nitrogens with one attached hydrogen (secondary N) is 1. The Balaban J connectivity index is 2.52. The van der Waals surface area contributed by atoms with Crippen molar-refractivity contribution in [2.75, 3.05) is 19.6 Å². The summed E-state index contributed by atoms with van der Waals surface area (Å²) < 4.78 is 36.1. The molecule has 0 aromatic carbocycles. The molecule has 0 aromatic rings. The lowest BCUT2D eigenvalue weighted by molar-refractivity contribution is -0.243. The van der Waals surface area contributed by atoms with E-state index in [1.54, 1.807) is 0 Å². The molecule has 1 heterocycles. The number of hydrogen-bond donors (Lipinski definition) is 1. The third-order valence-corrected chi connectivity index (χ3v) is 1.67. The van der Waals surface area contributed by atoms with Crippen LogP contribution in [-0.2, 0) is 4.79 Å². The molecule has 0 aromatic heterocycles. The average Bonchev–Trinajstić information content (AvgIpc) is 2.11. The van der Waals surface area contributed by atoms with Crippen LogP contribution in [0.3, 0.4) is 0 Å². The lowest BCUT2D eigenvalue weighted by Crippen LogP contribution is -2.40. The Morgan fingerprint density at radius 1 is 1.33 bits per heavy atom. The van der Waals surface area contributed by atoms with Gasteiger partial charge in [0.2, 0.25) is 5.91 Å². The van der Waals surface area contributed by atoms with Crippen LogP contribution >= 0.6 is 0 Å². The standard InChI is InChI=1S/C6H9F3N2O/c7-6(8,9)11-3-1-5(12)10-2-4-11/h1-4H2,(H,10,12). The summed E-state index contributed by atoms with van der Waals surface area (Å²) in [4.78, 5) is 11.0. The molecule has 3 nitrogen and oxygen atoms in total. The molecular weight excluding hydrogens is 173 g/mol. The van der Waals surface area contributed by atoms with Crippen molar-refractivity contribution in [2.45, 2.75) is 12.7 Å². The SMILES string of the molecule is O=C1CCN(C(F)(F)F)CCN1. The maximum atomic E-state index is 12.0. The first kappa shape index (κ1) is 9.31. The van der Waals surface area contributed by atoms with Crippen molar-refractivity contribution < 1.29 is 18.0 Å². The van der Waals surface area contributed by atoms with Gasteiger partial charge in [-0.3, -0.25) is 4.79 Å². The van der Waals surface area contributed by atoms with Gasteiger partial charge in [-0.05, 0) is 0 Å². The van der Waals surface area contributed by atoms with Gasteiger partial charge in [0, 0.05) is 26.1 Å². The van der Waals surface area contributed by atoms with Gasteiger partial charge in [0.1, 0.15) is 0 Å². The van der Waals surface area contributed by atoms with Crippen molar-refractivity contribution in [2.24, 2.45) is 0 Å². The predicted octanol–water partition coefficient (Wildman–Crippen LogP) is 0.328. The average molecular weight is 182 g/mol. The second-order valence-corrected chi connectivity index (χ2v) is 2.55. The maximum Gasteiger partial charge on any atom is 0.459 e. The zero-order valence-electron chi connectivity index (χ0n) is 6.32. The number of rotatable bonds is 0. The molecule has 1 aliphatic rings. The van der Waals surface area contributed by atoms with E-state index in [4.69, 9.17) is 0 Å². The molecule has 1 N–H and O–H groups in total. The van der Waals surface area contributed by atoms with E-state index in [-0.39, 0.29) is 32.0 Å². The molecule has 0 bridgehead atoms. The molecule has 6 heteroatoms. The number of hydrogen-bond acceptors (Lipinski definition) is 2. The minimum atomic E-state index is -4.31. The van der Waals surface area contributed by atoms with Gasteiger partial charge in [-0.2, -0.15) is 13.2 Å². The Bertz CT molecular complexity index is 180.